The maximum Gasteiger partial charge on any atom is 0.269 e. The van der Waals surface area contributed by atoms with Gasteiger partial charge >= 0.3 is 0 Å². The first kappa shape index (κ1) is 14.0. The van der Waals surface area contributed by atoms with Gasteiger partial charge < -0.3 is 10.3 Å². The largest absolute Gasteiger partial charge is 0.315 e. The van der Waals surface area contributed by atoms with E-state index in [-0.39, 0.29) is 23.4 Å². The Morgan fingerprint density at radius 2 is 2.30 bits per heavy atom. The maximum absolute atomic E-state index is 11.8. The van der Waals surface area contributed by atoms with Crippen molar-refractivity contribution in [2.75, 3.05) is 14.1 Å². The number of carbonyl (C=O) groups excluding carboxylic acids is 1. The van der Waals surface area contributed by atoms with Crippen molar-refractivity contribution >= 4 is 17.9 Å². The Morgan fingerprint density at radius 1 is 1.55 bits per heavy atom. The summed E-state index contributed by atoms with van der Waals surface area (Å²) in [7, 11) is 3.51. The topological polar surface area (TPSA) is 87.8 Å². The molecular formula is C13H16N4O3. The number of nitro groups is 1. The highest BCUT2D eigenvalue weighted by Gasteiger charge is 2.44. The molecular weight excluding hydrogens is 260 g/mol. The number of hydrazone groups is 1. The van der Waals surface area contributed by atoms with Gasteiger partial charge in [-0.3, -0.25) is 14.9 Å². The van der Waals surface area contributed by atoms with Gasteiger partial charge in [0, 0.05) is 32.1 Å². The van der Waals surface area contributed by atoms with Crippen molar-refractivity contribution in [3.8, 4) is 0 Å². The highest BCUT2D eigenvalue weighted by molar-refractivity contribution is 5.91. The summed E-state index contributed by atoms with van der Waals surface area (Å²) in [6.45, 7) is 0. The second kappa shape index (κ2) is 5.68. The first-order valence-electron chi connectivity index (χ1n) is 6.23. The molecule has 2 atom stereocenters. The second-order valence-corrected chi connectivity index (χ2v) is 4.90. The van der Waals surface area contributed by atoms with Crippen LogP contribution in [0.2, 0.25) is 0 Å². The van der Waals surface area contributed by atoms with Crippen molar-refractivity contribution in [3.05, 3.63) is 39.9 Å². The maximum atomic E-state index is 11.8. The summed E-state index contributed by atoms with van der Waals surface area (Å²) < 4.78 is 0. The normalized spacial score (nSPS) is 20.7. The molecule has 1 amide bonds. The van der Waals surface area contributed by atoms with Crippen LogP contribution < -0.4 is 5.32 Å². The van der Waals surface area contributed by atoms with Crippen molar-refractivity contribution < 1.29 is 9.72 Å². The Balaban J connectivity index is 1.96. The number of hydrogen-bond acceptors (Lipinski definition) is 5. The molecule has 1 aromatic rings. The molecule has 0 aromatic heterocycles. The minimum absolute atomic E-state index is 0.0580. The molecule has 0 heterocycles. The van der Waals surface area contributed by atoms with Crippen LogP contribution in [0, 0.1) is 16.0 Å². The van der Waals surface area contributed by atoms with E-state index in [2.05, 4.69) is 10.4 Å². The van der Waals surface area contributed by atoms with Crippen molar-refractivity contribution in [1.29, 1.82) is 0 Å². The van der Waals surface area contributed by atoms with Gasteiger partial charge in [0.1, 0.15) is 6.34 Å². The van der Waals surface area contributed by atoms with Gasteiger partial charge in [0.05, 0.1) is 4.92 Å². The predicted octanol–water partition coefficient (Wildman–Crippen LogP) is 1.32. The van der Waals surface area contributed by atoms with Gasteiger partial charge in [-0.25, -0.2) is 0 Å². The average molecular weight is 276 g/mol. The Morgan fingerprint density at radius 3 is 2.95 bits per heavy atom. The van der Waals surface area contributed by atoms with Crippen LogP contribution in [-0.4, -0.2) is 36.3 Å². The van der Waals surface area contributed by atoms with Gasteiger partial charge in [-0.05, 0) is 17.9 Å². The summed E-state index contributed by atoms with van der Waals surface area (Å²) in [6, 6.07) is 6.45. The van der Waals surface area contributed by atoms with Crippen molar-refractivity contribution in [1.82, 2.24) is 10.3 Å². The fraction of sp³-hybridized carbons (Fsp3) is 0.385. The third kappa shape index (κ3) is 3.31. The molecule has 0 radical (unpaired) electrons. The molecule has 1 aliphatic rings. The Labute approximate surface area is 116 Å². The van der Waals surface area contributed by atoms with Gasteiger partial charge in [-0.1, -0.05) is 12.1 Å². The minimum atomic E-state index is -0.426. The Hall–Kier alpha value is -2.44. The molecule has 0 saturated heterocycles. The lowest BCUT2D eigenvalue weighted by Gasteiger charge is -2.03. The molecule has 7 heteroatoms. The summed E-state index contributed by atoms with van der Waals surface area (Å²) in [4.78, 5) is 22.1. The van der Waals surface area contributed by atoms with Gasteiger partial charge in [0.25, 0.3) is 5.69 Å². The average Bonchev–Trinajstić information content (AvgIpc) is 3.18. The lowest BCUT2D eigenvalue weighted by atomic mass is 10.1. The van der Waals surface area contributed by atoms with Gasteiger partial charge in [0.15, 0.2) is 0 Å². The predicted molar refractivity (Wildman–Crippen MR) is 74.3 cm³/mol. The number of hydrogen-bond donors (Lipinski definition) is 1. The van der Waals surface area contributed by atoms with E-state index in [4.69, 9.17) is 0 Å². The molecule has 0 spiro atoms. The zero-order valence-corrected chi connectivity index (χ0v) is 11.3. The zero-order chi connectivity index (χ0) is 14.7. The van der Waals surface area contributed by atoms with Crippen LogP contribution in [0.1, 0.15) is 17.9 Å². The van der Waals surface area contributed by atoms with E-state index in [1.165, 1.54) is 18.5 Å². The fourth-order valence-corrected chi connectivity index (χ4v) is 2.04. The summed E-state index contributed by atoms with van der Waals surface area (Å²) in [5, 5.41) is 18.8. The highest BCUT2D eigenvalue weighted by Crippen LogP contribution is 2.48. The third-order valence-electron chi connectivity index (χ3n) is 3.13. The SMILES string of the molecule is CN(C)N=CNC(=O)[C@@H]1C[C@@H]1c1cccc([N+](=O)[O-])c1. The summed E-state index contributed by atoms with van der Waals surface area (Å²) in [6.07, 6.45) is 2.06. The summed E-state index contributed by atoms with van der Waals surface area (Å²) >= 11 is 0. The molecule has 1 N–H and O–H groups in total. The van der Waals surface area contributed by atoms with Crippen LogP contribution in [0.3, 0.4) is 0 Å². The first-order chi connectivity index (χ1) is 9.49. The lowest BCUT2D eigenvalue weighted by Crippen LogP contribution is -2.24. The smallest absolute Gasteiger partial charge is 0.269 e. The second-order valence-electron chi connectivity index (χ2n) is 4.90. The Kier molecular flexibility index (Phi) is 3.97. The number of carbonyl (C=O) groups is 1. The lowest BCUT2D eigenvalue weighted by molar-refractivity contribution is -0.384. The number of benzene rings is 1. The van der Waals surface area contributed by atoms with Crippen LogP contribution >= 0.6 is 0 Å². The van der Waals surface area contributed by atoms with Crippen LogP contribution in [-0.2, 0) is 4.79 Å². The molecule has 1 fully saturated rings. The highest BCUT2D eigenvalue weighted by atomic mass is 16.6. The third-order valence-corrected chi connectivity index (χ3v) is 3.13. The fourth-order valence-electron chi connectivity index (χ4n) is 2.04. The van der Waals surface area contributed by atoms with E-state index in [0.29, 0.717) is 6.42 Å². The molecule has 7 nitrogen and oxygen atoms in total. The molecule has 2 rings (SSSR count). The summed E-state index contributed by atoms with van der Waals surface area (Å²) in [5.74, 6) is -0.180. The molecule has 106 valence electrons. The quantitative estimate of drug-likeness (QED) is 0.380. The van der Waals surface area contributed by atoms with E-state index >= 15 is 0 Å². The number of rotatable bonds is 5. The molecule has 1 saturated carbocycles. The number of nitrogens with zero attached hydrogens (tertiary/aromatic N) is 3. The van der Waals surface area contributed by atoms with E-state index in [1.54, 1.807) is 25.2 Å². The first-order valence-corrected chi connectivity index (χ1v) is 6.23. The van der Waals surface area contributed by atoms with Gasteiger partial charge in [-0.2, -0.15) is 5.10 Å². The van der Waals surface area contributed by atoms with Crippen molar-refractivity contribution in [2.24, 2.45) is 11.0 Å². The van der Waals surface area contributed by atoms with E-state index in [0.717, 1.165) is 5.56 Å². The minimum Gasteiger partial charge on any atom is -0.315 e. The number of non-ortho nitro benzene ring substituents is 1. The zero-order valence-electron chi connectivity index (χ0n) is 11.3. The van der Waals surface area contributed by atoms with Crippen molar-refractivity contribution in [3.63, 3.8) is 0 Å². The molecule has 0 bridgehead atoms. The van der Waals surface area contributed by atoms with E-state index in [1.807, 2.05) is 6.07 Å². The van der Waals surface area contributed by atoms with Crippen LogP contribution in [0.4, 0.5) is 5.69 Å². The number of nitro benzene ring substituents is 1. The molecule has 20 heavy (non-hydrogen) atoms. The van der Waals surface area contributed by atoms with Crippen LogP contribution in [0.25, 0.3) is 0 Å². The van der Waals surface area contributed by atoms with Crippen LogP contribution in [0.5, 0.6) is 0 Å². The van der Waals surface area contributed by atoms with Gasteiger partial charge in [0.2, 0.25) is 5.91 Å². The molecule has 1 aliphatic carbocycles. The van der Waals surface area contributed by atoms with E-state index < -0.39 is 4.92 Å². The van der Waals surface area contributed by atoms with Crippen molar-refractivity contribution in [2.45, 2.75) is 12.3 Å². The number of amides is 1. The molecule has 1 aromatic carbocycles. The molecule has 0 unspecified atom stereocenters. The van der Waals surface area contributed by atoms with E-state index in [9.17, 15) is 14.9 Å². The van der Waals surface area contributed by atoms with Gasteiger partial charge in [-0.15, -0.1) is 0 Å². The summed E-state index contributed by atoms with van der Waals surface area (Å²) in [5.41, 5.74) is 0.895. The molecule has 0 aliphatic heterocycles. The van der Waals surface area contributed by atoms with Crippen LogP contribution in [0.15, 0.2) is 29.4 Å². The monoisotopic (exact) mass is 276 g/mol. The standard InChI is InChI=1S/C13H16N4O3/c1-16(2)15-8-14-13(18)12-7-11(12)9-4-3-5-10(6-9)17(19)20/h3-6,8,11-12H,7H2,1-2H3,(H,14,15,18)/t11-,12-/m1/s1. The number of nitrogens with one attached hydrogen (secondary N) is 1. The Bertz CT molecular complexity index is 556.